The average Bonchev–Trinajstić information content (AvgIpc) is 2.68. The summed E-state index contributed by atoms with van der Waals surface area (Å²) in [6.45, 7) is 3.87. The van der Waals surface area contributed by atoms with E-state index in [1.54, 1.807) is 0 Å². The zero-order valence-corrected chi connectivity index (χ0v) is 15.0. The Morgan fingerprint density at radius 1 is 0.966 bits per heavy atom. The Kier molecular flexibility index (Phi) is 4.73. The number of carbonyl (C=O) groups is 2. The molecule has 0 radical (unpaired) electrons. The highest BCUT2D eigenvalue weighted by atomic mass is 16.5. The van der Waals surface area contributed by atoms with Gasteiger partial charge < -0.3 is 30.3 Å². The number of hydrogen-bond acceptors (Lipinski definition) is 7. The first kappa shape index (κ1) is 19.5. The van der Waals surface area contributed by atoms with Crippen LogP contribution in [0.1, 0.15) is 32.0 Å². The minimum absolute atomic E-state index is 0.00823. The second kappa shape index (κ2) is 7.04. The molecule has 0 aliphatic heterocycles. The lowest BCUT2D eigenvalue weighted by atomic mass is 9.99. The minimum atomic E-state index is -1.51. The minimum Gasteiger partial charge on any atom is -0.505 e. The van der Waals surface area contributed by atoms with Gasteiger partial charge in [-0.25, -0.2) is 14.6 Å². The zero-order chi connectivity index (χ0) is 21.5. The van der Waals surface area contributed by atoms with Crippen LogP contribution in [0.2, 0.25) is 0 Å². The Balaban J connectivity index is 2.23. The number of phenols is 3. The molecule has 0 saturated heterocycles. The predicted octanol–water partition coefficient (Wildman–Crippen LogP) is 2.82. The van der Waals surface area contributed by atoms with Crippen LogP contribution in [0, 0.1) is 0 Å². The molecule has 3 rings (SSSR count). The maximum atomic E-state index is 11.5. The van der Waals surface area contributed by atoms with Crippen LogP contribution in [0.25, 0.3) is 16.5 Å². The number of fused-ring (bicyclic) bond motifs is 1. The first-order chi connectivity index (χ1) is 13.6. The summed E-state index contributed by atoms with van der Waals surface area (Å²) in [6.07, 6.45) is 0. The van der Waals surface area contributed by atoms with E-state index in [2.05, 4.69) is 11.6 Å². The van der Waals surface area contributed by atoms with Crippen LogP contribution in [0.15, 0.2) is 36.9 Å². The molecule has 2 aromatic carbocycles. The molecule has 0 fully saturated rings. The number of ether oxygens (including phenoxy) is 1. The van der Waals surface area contributed by atoms with Crippen molar-refractivity contribution in [3.63, 3.8) is 0 Å². The van der Waals surface area contributed by atoms with Crippen molar-refractivity contribution < 1.29 is 39.9 Å². The number of aromatic nitrogens is 1. The van der Waals surface area contributed by atoms with Crippen LogP contribution in [0.3, 0.4) is 0 Å². The Labute approximate surface area is 163 Å². The molecule has 0 atom stereocenters. The van der Waals surface area contributed by atoms with E-state index in [1.165, 1.54) is 31.4 Å². The van der Waals surface area contributed by atoms with Gasteiger partial charge in [-0.2, -0.15) is 0 Å². The standard InChI is InChI=1S/C20H15NO8/c1-8(9-5-14(22)18(24)15(6-9)29-2)13-4-3-10-11(19(25)26)7-12(20(27)28)17(23)16(10)21-13/h3-7,22-24H,1H2,2H3,(H,25,26)(H,27,28). The van der Waals surface area contributed by atoms with Gasteiger partial charge in [0.25, 0.3) is 0 Å². The lowest BCUT2D eigenvalue weighted by Crippen LogP contribution is -2.05. The Morgan fingerprint density at radius 3 is 2.21 bits per heavy atom. The molecule has 0 bridgehead atoms. The maximum Gasteiger partial charge on any atom is 0.339 e. The molecule has 9 nitrogen and oxygen atoms in total. The number of aromatic hydroxyl groups is 3. The number of pyridine rings is 1. The number of hydrogen-bond donors (Lipinski definition) is 5. The highest BCUT2D eigenvalue weighted by Gasteiger charge is 2.22. The summed E-state index contributed by atoms with van der Waals surface area (Å²) >= 11 is 0. The van der Waals surface area contributed by atoms with E-state index >= 15 is 0 Å². The smallest absolute Gasteiger partial charge is 0.339 e. The third-order valence-corrected chi connectivity index (χ3v) is 4.35. The third-order valence-electron chi connectivity index (χ3n) is 4.35. The summed E-state index contributed by atoms with van der Waals surface area (Å²) in [5.74, 6) is -4.48. The molecule has 148 valence electrons. The molecule has 9 heteroatoms. The number of aromatic carboxylic acids is 2. The Bertz CT molecular complexity index is 1200. The van der Waals surface area contributed by atoms with Gasteiger partial charge in [0.15, 0.2) is 17.2 Å². The van der Waals surface area contributed by atoms with Crippen molar-refractivity contribution in [2.24, 2.45) is 0 Å². The number of benzene rings is 2. The van der Waals surface area contributed by atoms with Crippen molar-refractivity contribution in [3.8, 4) is 23.0 Å². The van der Waals surface area contributed by atoms with Crippen LogP contribution in [0.5, 0.6) is 23.0 Å². The van der Waals surface area contributed by atoms with Gasteiger partial charge in [0.05, 0.1) is 18.4 Å². The van der Waals surface area contributed by atoms with Crippen LogP contribution in [0.4, 0.5) is 0 Å². The van der Waals surface area contributed by atoms with Crippen LogP contribution >= 0.6 is 0 Å². The molecule has 0 spiro atoms. The van der Waals surface area contributed by atoms with Gasteiger partial charge in [-0.05, 0) is 35.9 Å². The van der Waals surface area contributed by atoms with Gasteiger partial charge in [-0.3, -0.25) is 0 Å². The van der Waals surface area contributed by atoms with Gasteiger partial charge in [-0.1, -0.05) is 6.58 Å². The topological polar surface area (TPSA) is 157 Å². The molecule has 0 aliphatic rings. The fourth-order valence-corrected chi connectivity index (χ4v) is 2.85. The summed E-state index contributed by atoms with van der Waals surface area (Å²) in [5.41, 5.74) is -0.401. The van der Waals surface area contributed by atoms with Crippen molar-refractivity contribution >= 4 is 28.4 Å². The van der Waals surface area contributed by atoms with Crippen molar-refractivity contribution in [1.29, 1.82) is 0 Å². The van der Waals surface area contributed by atoms with E-state index in [-0.39, 0.29) is 33.5 Å². The fraction of sp³-hybridized carbons (Fsp3) is 0.0500. The van der Waals surface area contributed by atoms with E-state index < -0.39 is 34.8 Å². The SMILES string of the molecule is C=C(c1cc(O)c(O)c(OC)c1)c1ccc2c(C(=O)O)cc(C(=O)O)c(O)c2n1. The molecule has 29 heavy (non-hydrogen) atoms. The highest BCUT2D eigenvalue weighted by Crippen LogP contribution is 2.39. The van der Waals surface area contributed by atoms with Gasteiger partial charge in [0.2, 0.25) is 5.75 Å². The molecule has 0 aliphatic carbocycles. The van der Waals surface area contributed by atoms with E-state index in [0.717, 1.165) is 6.07 Å². The molecular weight excluding hydrogens is 382 g/mol. The van der Waals surface area contributed by atoms with Gasteiger partial charge >= 0.3 is 11.9 Å². The van der Waals surface area contributed by atoms with E-state index in [9.17, 15) is 35.1 Å². The maximum absolute atomic E-state index is 11.5. The van der Waals surface area contributed by atoms with E-state index in [0.29, 0.717) is 5.56 Å². The second-order valence-corrected chi connectivity index (χ2v) is 6.05. The number of rotatable bonds is 5. The average molecular weight is 397 g/mol. The van der Waals surface area contributed by atoms with Gasteiger partial charge in [0, 0.05) is 11.0 Å². The molecule has 5 N–H and O–H groups in total. The summed E-state index contributed by atoms with van der Waals surface area (Å²) in [5, 5.41) is 48.6. The second-order valence-electron chi connectivity index (χ2n) is 6.05. The molecular formula is C20H15NO8. The molecule has 1 heterocycles. The van der Waals surface area contributed by atoms with E-state index in [4.69, 9.17) is 4.74 Å². The quantitative estimate of drug-likeness (QED) is 0.408. The van der Waals surface area contributed by atoms with Gasteiger partial charge in [0.1, 0.15) is 11.1 Å². The van der Waals surface area contributed by atoms with Gasteiger partial charge in [-0.15, -0.1) is 0 Å². The first-order valence-corrected chi connectivity index (χ1v) is 8.08. The number of carboxylic acid groups (broad SMARTS) is 2. The van der Waals surface area contributed by atoms with Crippen LogP contribution in [-0.4, -0.2) is 49.6 Å². The first-order valence-electron chi connectivity index (χ1n) is 8.08. The van der Waals surface area contributed by atoms with Crippen LogP contribution in [-0.2, 0) is 0 Å². The Morgan fingerprint density at radius 2 is 1.62 bits per heavy atom. The summed E-state index contributed by atoms with van der Waals surface area (Å²) in [7, 11) is 1.30. The Hall–Kier alpha value is -4.27. The number of methoxy groups -OCH3 is 1. The van der Waals surface area contributed by atoms with Crippen molar-refractivity contribution in [2.75, 3.05) is 7.11 Å². The highest BCUT2D eigenvalue weighted by molar-refractivity contribution is 6.09. The zero-order valence-electron chi connectivity index (χ0n) is 15.0. The summed E-state index contributed by atoms with van der Waals surface area (Å²) < 4.78 is 4.98. The van der Waals surface area contributed by atoms with Crippen molar-refractivity contribution in [2.45, 2.75) is 0 Å². The fourth-order valence-electron chi connectivity index (χ4n) is 2.85. The van der Waals surface area contributed by atoms with E-state index in [1.807, 2.05) is 0 Å². The van der Waals surface area contributed by atoms with Crippen molar-refractivity contribution in [1.82, 2.24) is 4.98 Å². The molecule has 0 saturated carbocycles. The monoisotopic (exact) mass is 397 g/mol. The summed E-state index contributed by atoms with van der Waals surface area (Å²) in [6, 6.07) is 6.30. The normalized spacial score (nSPS) is 10.7. The lowest BCUT2D eigenvalue weighted by Gasteiger charge is -2.13. The lowest BCUT2D eigenvalue weighted by molar-refractivity contribution is 0.0693. The number of phenolic OH excluding ortho intramolecular Hbond substituents is 2. The largest absolute Gasteiger partial charge is 0.505 e. The van der Waals surface area contributed by atoms with Crippen LogP contribution < -0.4 is 4.74 Å². The molecule has 3 aromatic rings. The molecule has 0 amide bonds. The number of nitrogens with zero attached hydrogens (tertiary/aromatic N) is 1. The summed E-state index contributed by atoms with van der Waals surface area (Å²) in [4.78, 5) is 27.0. The van der Waals surface area contributed by atoms with Crippen molar-refractivity contribution in [3.05, 3.63) is 59.3 Å². The third kappa shape index (κ3) is 3.25. The molecule has 0 unspecified atom stereocenters. The number of carboxylic acids is 2. The molecule has 1 aromatic heterocycles. The predicted molar refractivity (Wildman–Crippen MR) is 102 cm³/mol.